The fourth-order valence-corrected chi connectivity index (χ4v) is 2.28. The molecule has 0 aliphatic carbocycles. The molecule has 0 radical (unpaired) electrons. The average molecular weight is 226 g/mol. The number of halogens is 2. The quantitative estimate of drug-likeness (QED) is 0.707. The molecule has 0 fully saturated rings. The highest BCUT2D eigenvalue weighted by atomic mass is 19.1. The summed E-state index contributed by atoms with van der Waals surface area (Å²) in [5.41, 5.74) is 1.29. The fourth-order valence-electron chi connectivity index (χ4n) is 2.28. The van der Waals surface area contributed by atoms with Gasteiger partial charge in [-0.2, -0.15) is 0 Å². The Bertz CT molecular complexity index is 401. The molecular weight excluding hydrogens is 210 g/mol. The van der Waals surface area contributed by atoms with Crippen LogP contribution in [0.15, 0.2) is 12.1 Å². The maximum atomic E-state index is 13.8. The summed E-state index contributed by atoms with van der Waals surface area (Å²) in [5.74, 6) is -0.669. The van der Waals surface area contributed by atoms with Crippen molar-refractivity contribution in [2.75, 3.05) is 6.61 Å². The van der Waals surface area contributed by atoms with Gasteiger partial charge in [0, 0.05) is 12.0 Å². The van der Waals surface area contributed by atoms with Gasteiger partial charge in [0.15, 0.2) is 0 Å². The SMILES string of the molecule is CC(C)[C@@H]1CO[C@H](C)c2cc(F)cc(F)c21. The first-order valence-corrected chi connectivity index (χ1v) is 5.61. The molecule has 0 saturated carbocycles. The molecular formula is C13H16F2O. The van der Waals surface area contributed by atoms with Crippen molar-refractivity contribution in [3.05, 3.63) is 34.9 Å². The topological polar surface area (TPSA) is 9.23 Å². The van der Waals surface area contributed by atoms with E-state index in [9.17, 15) is 8.78 Å². The molecule has 88 valence electrons. The summed E-state index contributed by atoms with van der Waals surface area (Å²) in [5, 5.41) is 0. The van der Waals surface area contributed by atoms with Crippen LogP contribution in [0.5, 0.6) is 0 Å². The summed E-state index contributed by atoms with van der Waals surface area (Å²) in [6, 6.07) is 2.35. The van der Waals surface area contributed by atoms with E-state index < -0.39 is 11.6 Å². The second-order valence-electron chi connectivity index (χ2n) is 4.72. The summed E-state index contributed by atoms with van der Waals surface area (Å²) in [4.78, 5) is 0. The van der Waals surface area contributed by atoms with Gasteiger partial charge in [0.2, 0.25) is 0 Å². The van der Waals surface area contributed by atoms with Crippen LogP contribution >= 0.6 is 0 Å². The van der Waals surface area contributed by atoms with Crippen molar-refractivity contribution in [2.24, 2.45) is 5.92 Å². The van der Waals surface area contributed by atoms with Gasteiger partial charge < -0.3 is 4.74 Å². The van der Waals surface area contributed by atoms with E-state index in [1.54, 1.807) is 0 Å². The smallest absolute Gasteiger partial charge is 0.130 e. The minimum Gasteiger partial charge on any atom is -0.373 e. The number of hydrogen-bond acceptors (Lipinski definition) is 1. The van der Waals surface area contributed by atoms with Crippen LogP contribution in [0.1, 0.15) is 43.9 Å². The summed E-state index contributed by atoms with van der Waals surface area (Å²) in [7, 11) is 0. The van der Waals surface area contributed by atoms with E-state index in [-0.39, 0.29) is 17.9 Å². The zero-order valence-corrected chi connectivity index (χ0v) is 9.76. The van der Waals surface area contributed by atoms with E-state index in [1.807, 2.05) is 20.8 Å². The highest BCUT2D eigenvalue weighted by molar-refractivity contribution is 5.36. The molecule has 0 N–H and O–H groups in total. The standard InChI is InChI=1S/C13H16F2O/c1-7(2)11-6-16-8(3)10-4-9(14)5-12(15)13(10)11/h4-5,7-8,11H,6H2,1-3H3/t8-,11+/m1/s1. The molecule has 2 atom stereocenters. The Morgan fingerprint density at radius 1 is 1.31 bits per heavy atom. The van der Waals surface area contributed by atoms with Crippen molar-refractivity contribution in [3.63, 3.8) is 0 Å². The molecule has 0 spiro atoms. The van der Waals surface area contributed by atoms with Crippen LogP contribution in [-0.2, 0) is 4.74 Å². The van der Waals surface area contributed by atoms with E-state index in [2.05, 4.69) is 0 Å². The van der Waals surface area contributed by atoms with E-state index >= 15 is 0 Å². The van der Waals surface area contributed by atoms with Crippen molar-refractivity contribution in [1.82, 2.24) is 0 Å². The minimum atomic E-state index is -0.531. The van der Waals surface area contributed by atoms with Gasteiger partial charge >= 0.3 is 0 Å². The fraction of sp³-hybridized carbons (Fsp3) is 0.538. The Morgan fingerprint density at radius 3 is 2.62 bits per heavy atom. The van der Waals surface area contributed by atoms with Gasteiger partial charge in [0.05, 0.1) is 12.7 Å². The molecule has 1 aromatic rings. The Hall–Kier alpha value is -0.960. The van der Waals surface area contributed by atoms with Crippen LogP contribution in [-0.4, -0.2) is 6.61 Å². The molecule has 0 amide bonds. The number of benzene rings is 1. The molecule has 1 heterocycles. The minimum absolute atomic E-state index is 0.0202. The Kier molecular flexibility index (Phi) is 2.98. The second-order valence-corrected chi connectivity index (χ2v) is 4.72. The molecule has 0 unspecified atom stereocenters. The predicted octanol–water partition coefficient (Wildman–Crippen LogP) is 3.80. The van der Waals surface area contributed by atoms with E-state index in [0.29, 0.717) is 17.7 Å². The number of fused-ring (bicyclic) bond motifs is 1. The first-order chi connectivity index (χ1) is 7.50. The molecule has 0 bridgehead atoms. The summed E-state index contributed by atoms with van der Waals surface area (Å²) in [6.07, 6.45) is -0.227. The lowest BCUT2D eigenvalue weighted by Crippen LogP contribution is -2.24. The first kappa shape index (κ1) is 11.5. The molecule has 2 rings (SSSR count). The zero-order valence-electron chi connectivity index (χ0n) is 9.76. The second kappa shape index (κ2) is 4.13. The molecule has 3 heteroatoms. The predicted molar refractivity (Wildman–Crippen MR) is 58.3 cm³/mol. The van der Waals surface area contributed by atoms with E-state index in [1.165, 1.54) is 6.07 Å². The van der Waals surface area contributed by atoms with Gasteiger partial charge in [-0.3, -0.25) is 0 Å². The van der Waals surface area contributed by atoms with Crippen LogP contribution in [0.2, 0.25) is 0 Å². The van der Waals surface area contributed by atoms with Gasteiger partial charge in [-0.25, -0.2) is 8.78 Å². The average Bonchev–Trinajstić information content (AvgIpc) is 2.19. The highest BCUT2D eigenvalue weighted by Crippen LogP contribution is 2.39. The highest BCUT2D eigenvalue weighted by Gasteiger charge is 2.30. The third-order valence-electron chi connectivity index (χ3n) is 3.27. The van der Waals surface area contributed by atoms with Crippen LogP contribution in [0.3, 0.4) is 0 Å². The third kappa shape index (κ3) is 1.84. The molecule has 1 nitrogen and oxygen atoms in total. The van der Waals surface area contributed by atoms with Gasteiger partial charge in [-0.15, -0.1) is 0 Å². The zero-order chi connectivity index (χ0) is 11.9. The molecule has 1 aromatic carbocycles. The molecule has 16 heavy (non-hydrogen) atoms. The van der Waals surface area contributed by atoms with Crippen molar-refractivity contribution < 1.29 is 13.5 Å². The van der Waals surface area contributed by atoms with E-state index in [4.69, 9.17) is 4.74 Å². The molecule has 1 aliphatic heterocycles. The van der Waals surface area contributed by atoms with Gasteiger partial charge in [0.25, 0.3) is 0 Å². The summed E-state index contributed by atoms with van der Waals surface area (Å²) < 4.78 is 32.5. The van der Waals surface area contributed by atoms with Crippen LogP contribution in [0, 0.1) is 17.6 Å². The van der Waals surface area contributed by atoms with Crippen molar-refractivity contribution in [3.8, 4) is 0 Å². The number of hydrogen-bond donors (Lipinski definition) is 0. The van der Waals surface area contributed by atoms with E-state index in [0.717, 1.165) is 6.07 Å². The Balaban J connectivity index is 2.56. The third-order valence-corrected chi connectivity index (χ3v) is 3.27. The van der Waals surface area contributed by atoms with Crippen LogP contribution < -0.4 is 0 Å². The van der Waals surface area contributed by atoms with Crippen LogP contribution in [0.25, 0.3) is 0 Å². The number of rotatable bonds is 1. The summed E-state index contributed by atoms with van der Waals surface area (Å²) >= 11 is 0. The Morgan fingerprint density at radius 2 is 2.00 bits per heavy atom. The number of ether oxygens (including phenoxy) is 1. The lowest BCUT2D eigenvalue weighted by molar-refractivity contribution is 0.0291. The van der Waals surface area contributed by atoms with Crippen molar-refractivity contribution >= 4 is 0 Å². The molecule has 0 saturated heterocycles. The first-order valence-electron chi connectivity index (χ1n) is 5.61. The van der Waals surface area contributed by atoms with Crippen molar-refractivity contribution in [1.29, 1.82) is 0 Å². The maximum Gasteiger partial charge on any atom is 0.130 e. The van der Waals surface area contributed by atoms with Gasteiger partial charge in [-0.05, 0) is 30.0 Å². The lowest BCUT2D eigenvalue weighted by Gasteiger charge is -2.32. The van der Waals surface area contributed by atoms with Crippen LogP contribution in [0.4, 0.5) is 8.78 Å². The Labute approximate surface area is 94.4 Å². The van der Waals surface area contributed by atoms with Crippen molar-refractivity contribution in [2.45, 2.75) is 32.8 Å². The monoisotopic (exact) mass is 226 g/mol. The molecule has 0 aromatic heterocycles. The molecule has 1 aliphatic rings. The largest absolute Gasteiger partial charge is 0.373 e. The lowest BCUT2D eigenvalue weighted by atomic mass is 9.82. The summed E-state index contributed by atoms with van der Waals surface area (Å²) in [6.45, 7) is 6.38. The normalized spacial score (nSPS) is 24.6. The van der Waals surface area contributed by atoms with Gasteiger partial charge in [0.1, 0.15) is 11.6 Å². The van der Waals surface area contributed by atoms with Gasteiger partial charge in [-0.1, -0.05) is 13.8 Å². The maximum absolute atomic E-state index is 13.8.